The average Bonchev–Trinajstić information content (AvgIpc) is 2.27. The molecule has 0 fully saturated rings. The third kappa shape index (κ3) is 3.21. The summed E-state index contributed by atoms with van der Waals surface area (Å²) in [6.45, 7) is 1.88. The van der Waals surface area contributed by atoms with E-state index in [-0.39, 0.29) is 16.3 Å². The van der Waals surface area contributed by atoms with Gasteiger partial charge in [0.05, 0.1) is 10.6 Å². The summed E-state index contributed by atoms with van der Waals surface area (Å²) in [6.07, 6.45) is 1.03. The molecule has 0 saturated carbocycles. The molecule has 0 heterocycles. The molecule has 0 spiro atoms. The van der Waals surface area contributed by atoms with Crippen molar-refractivity contribution in [1.82, 2.24) is 4.72 Å². The summed E-state index contributed by atoms with van der Waals surface area (Å²) in [4.78, 5) is -0.104. The van der Waals surface area contributed by atoms with Crippen LogP contribution in [0, 0.1) is 0 Å². The first-order chi connectivity index (χ1) is 8.22. The van der Waals surface area contributed by atoms with Crippen molar-refractivity contribution >= 4 is 25.5 Å². The second-order valence-corrected chi connectivity index (χ2v) is 7.43. The van der Waals surface area contributed by atoms with E-state index in [4.69, 9.17) is 0 Å². The summed E-state index contributed by atoms with van der Waals surface area (Å²) in [5.74, 6) is 0. The molecule has 0 unspecified atom stereocenters. The Kier molecular flexibility index (Phi) is 4.36. The molecule has 8 heteroatoms. The fourth-order valence-electron chi connectivity index (χ4n) is 1.43. The molecule has 2 N–H and O–H groups in total. The largest absolute Gasteiger partial charge is 0.387 e. The molecule has 0 aliphatic heterocycles. The van der Waals surface area contributed by atoms with Gasteiger partial charge in [-0.05, 0) is 18.2 Å². The predicted molar refractivity (Wildman–Crippen MR) is 70.0 cm³/mol. The minimum atomic E-state index is -3.71. The number of hydrogen-bond donors (Lipinski definition) is 2. The van der Waals surface area contributed by atoms with Crippen LogP contribution in [0.2, 0.25) is 0 Å². The first kappa shape index (κ1) is 14.9. The molecule has 0 aliphatic carbocycles. The Hall–Kier alpha value is -1.12. The van der Waals surface area contributed by atoms with Crippen molar-refractivity contribution in [3.63, 3.8) is 0 Å². The third-order valence-corrected chi connectivity index (χ3v) is 4.97. The second kappa shape index (κ2) is 5.25. The maximum absolute atomic E-state index is 11.9. The highest BCUT2D eigenvalue weighted by molar-refractivity contribution is 7.91. The van der Waals surface area contributed by atoms with E-state index >= 15 is 0 Å². The van der Waals surface area contributed by atoms with Crippen LogP contribution in [0.5, 0.6) is 0 Å². The molecule has 1 aromatic rings. The van der Waals surface area contributed by atoms with Crippen molar-refractivity contribution < 1.29 is 16.8 Å². The van der Waals surface area contributed by atoms with Gasteiger partial charge in [0.15, 0.2) is 9.84 Å². The first-order valence-corrected chi connectivity index (χ1v) is 8.61. The standard InChI is InChI=1S/C10H16N2O4S2/c1-4-12-18(15,16)10-7-8(17(3,13)14)5-6-9(10)11-2/h5-7,11-12H,4H2,1-3H3. The van der Waals surface area contributed by atoms with E-state index in [1.807, 2.05) is 0 Å². The van der Waals surface area contributed by atoms with Gasteiger partial charge in [-0.15, -0.1) is 0 Å². The van der Waals surface area contributed by atoms with E-state index in [1.165, 1.54) is 12.1 Å². The van der Waals surface area contributed by atoms with Crippen molar-refractivity contribution in [3.05, 3.63) is 18.2 Å². The van der Waals surface area contributed by atoms with Gasteiger partial charge in [0.25, 0.3) is 0 Å². The fourth-order valence-corrected chi connectivity index (χ4v) is 3.43. The second-order valence-electron chi connectivity index (χ2n) is 3.68. The number of hydrogen-bond acceptors (Lipinski definition) is 5. The van der Waals surface area contributed by atoms with Crippen molar-refractivity contribution in [3.8, 4) is 0 Å². The van der Waals surface area contributed by atoms with Crippen LogP contribution in [0.15, 0.2) is 28.0 Å². The molecule has 0 atom stereocenters. The fraction of sp³-hybridized carbons (Fsp3) is 0.400. The molecular formula is C10H16N2O4S2. The van der Waals surface area contributed by atoms with E-state index in [1.54, 1.807) is 14.0 Å². The molecular weight excluding hydrogens is 276 g/mol. The molecule has 18 heavy (non-hydrogen) atoms. The van der Waals surface area contributed by atoms with Crippen LogP contribution in [0.4, 0.5) is 5.69 Å². The van der Waals surface area contributed by atoms with Gasteiger partial charge in [-0.3, -0.25) is 0 Å². The summed E-state index contributed by atoms with van der Waals surface area (Å²) < 4.78 is 49.1. The Morgan fingerprint density at radius 2 is 1.78 bits per heavy atom. The highest BCUT2D eigenvalue weighted by Gasteiger charge is 2.20. The zero-order valence-corrected chi connectivity index (χ0v) is 12.0. The minimum Gasteiger partial charge on any atom is -0.387 e. The summed E-state index contributed by atoms with van der Waals surface area (Å²) in [5, 5.41) is 2.72. The summed E-state index contributed by atoms with van der Waals surface area (Å²) in [5.41, 5.74) is 0.350. The lowest BCUT2D eigenvalue weighted by Gasteiger charge is -2.11. The molecule has 0 saturated heterocycles. The number of anilines is 1. The lowest BCUT2D eigenvalue weighted by atomic mass is 10.3. The smallest absolute Gasteiger partial charge is 0.242 e. The van der Waals surface area contributed by atoms with Crippen molar-refractivity contribution in [2.75, 3.05) is 25.2 Å². The molecule has 0 amide bonds. The van der Waals surface area contributed by atoms with Crippen LogP contribution in [0.25, 0.3) is 0 Å². The molecule has 102 valence electrons. The zero-order chi connectivity index (χ0) is 14.0. The van der Waals surface area contributed by atoms with Crippen molar-refractivity contribution in [2.24, 2.45) is 0 Å². The van der Waals surface area contributed by atoms with E-state index < -0.39 is 19.9 Å². The van der Waals surface area contributed by atoms with E-state index in [0.29, 0.717) is 5.69 Å². The molecule has 0 aromatic heterocycles. The van der Waals surface area contributed by atoms with Gasteiger partial charge < -0.3 is 5.32 Å². The Labute approximate surface area is 107 Å². The van der Waals surface area contributed by atoms with Crippen molar-refractivity contribution in [1.29, 1.82) is 0 Å². The number of nitrogens with one attached hydrogen (secondary N) is 2. The Balaban J connectivity index is 3.50. The topological polar surface area (TPSA) is 92.3 Å². The predicted octanol–water partition coefficient (Wildman–Crippen LogP) is 0.430. The highest BCUT2D eigenvalue weighted by atomic mass is 32.2. The van der Waals surface area contributed by atoms with Crippen molar-refractivity contribution in [2.45, 2.75) is 16.7 Å². The van der Waals surface area contributed by atoms with Gasteiger partial charge in [-0.25, -0.2) is 21.6 Å². The maximum Gasteiger partial charge on any atom is 0.242 e. The highest BCUT2D eigenvalue weighted by Crippen LogP contribution is 2.24. The van der Waals surface area contributed by atoms with Crippen LogP contribution >= 0.6 is 0 Å². The molecule has 0 radical (unpaired) electrons. The number of rotatable bonds is 5. The monoisotopic (exact) mass is 292 g/mol. The van der Waals surface area contributed by atoms with E-state index in [0.717, 1.165) is 12.3 Å². The van der Waals surface area contributed by atoms with Gasteiger partial charge in [-0.2, -0.15) is 0 Å². The van der Waals surface area contributed by atoms with Crippen LogP contribution < -0.4 is 10.0 Å². The lowest BCUT2D eigenvalue weighted by molar-refractivity contribution is 0.584. The number of benzene rings is 1. The molecule has 0 bridgehead atoms. The van der Waals surface area contributed by atoms with Crippen LogP contribution in [-0.2, 0) is 19.9 Å². The van der Waals surface area contributed by atoms with Crippen LogP contribution in [0.3, 0.4) is 0 Å². The van der Waals surface area contributed by atoms with Gasteiger partial charge in [0.2, 0.25) is 10.0 Å². The molecule has 6 nitrogen and oxygen atoms in total. The molecule has 0 aliphatic rings. The first-order valence-electron chi connectivity index (χ1n) is 5.24. The van der Waals surface area contributed by atoms with Gasteiger partial charge >= 0.3 is 0 Å². The number of sulfone groups is 1. The summed E-state index contributed by atoms with van der Waals surface area (Å²) in [6, 6.07) is 3.95. The van der Waals surface area contributed by atoms with Crippen LogP contribution in [0.1, 0.15) is 6.92 Å². The average molecular weight is 292 g/mol. The summed E-state index contributed by atoms with van der Waals surface area (Å²) in [7, 11) is -5.59. The SMILES string of the molecule is CCNS(=O)(=O)c1cc(S(C)(=O)=O)ccc1NC. The number of sulfonamides is 1. The molecule has 1 aromatic carbocycles. The van der Waals surface area contributed by atoms with Gasteiger partial charge in [0, 0.05) is 19.8 Å². The quantitative estimate of drug-likeness (QED) is 0.821. The Morgan fingerprint density at radius 1 is 1.17 bits per heavy atom. The van der Waals surface area contributed by atoms with Gasteiger partial charge in [-0.1, -0.05) is 6.92 Å². The normalized spacial score (nSPS) is 12.4. The van der Waals surface area contributed by atoms with Crippen LogP contribution in [-0.4, -0.2) is 36.7 Å². The zero-order valence-electron chi connectivity index (χ0n) is 10.4. The Bertz CT molecular complexity index is 636. The maximum atomic E-state index is 11.9. The van der Waals surface area contributed by atoms with E-state index in [2.05, 4.69) is 10.0 Å². The molecule has 1 rings (SSSR count). The third-order valence-electron chi connectivity index (χ3n) is 2.27. The minimum absolute atomic E-state index is 0.0296. The van der Waals surface area contributed by atoms with Gasteiger partial charge in [0.1, 0.15) is 4.90 Å². The summed E-state index contributed by atoms with van der Waals surface area (Å²) >= 11 is 0. The Morgan fingerprint density at radius 3 is 2.22 bits per heavy atom. The van der Waals surface area contributed by atoms with E-state index in [9.17, 15) is 16.8 Å². The lowest BCUT2D eigenvalue weighted by Crippen LogP contribution is -2.24.